The van der Waals surface area contributed by atoms with Crippen LogP contribution >= 0.6 is 0 Å². The largest absolute Gasteiger partial charge is 0.383 e. The molecule has 19 heavy (non-hydrogen) atoms. The average molecular weight is 253 g/mol. The number of hydrogen-bond acceptors (Lipinski definition) is 2. The molecule has 3 nitrogen and oxygen atoms in total. The van der Waals surface area contributed by atoms with Gasteiger partial charge >= 0.3 is 0 Å². The molecule has 0 aliphatic rings. The SMILES string of the molecule is CCc1ccc(-c2ccccc2/C(N)=N/CN)cc1. The average Bonchev–Trinajstić information content (AvgIpc) is 2.47. The molecule has 0 aliphatic heterocycles. The van der Waals surface area contributed by atoms with Crippen LogP contribution in [-0.2, 0) is 6.42 Å². The molecular weight excluding hydrogens is 234 g/mol. The van der Waals surface area contributed by atoms with Gasteiger partial charge in [-0.3, -0.25) is 4.99 Å². The van der Waals surface area contributed by atoms with Crippen LogP contribution in [0.1, 0.15) is 18.1 Å². The van der Waals surface area contributed by atoms with Crippen molar-refractivity contribution in [2.24, 2.45) is 16.5 Å². The first-order valence-corrected chi connectivity index (χ1v) is 6.45. The van der Waals surface area contributed by atoms with Gasteiger partial charge in [-0.05, 0) is 23.1 Å². The molecule has 2 aromatic carbocycles. The molecule has 3 heteroatoms. The van der Waals surface area contributed by atoms with Crippen molar-refractivity contribution in [1.29, 1.82) is 0 Å². The highest BCUT2D eigenvalue weighted by Crippen LogP contribution is 2.24. The Hall–Kier alpha value is -2.13. The van der Waals surface area contributed by atoms with Crippen LogP contribution in [0.25, 0.3) is 11.1 Å². The summed E-state index contributed by atoms with van der Waals surface area (Å²) in [5, 5.41) is 0. The van der Waals surface area contributed by atoms with Crippen LogP contribution in [-0.4, -0.2) is 12.5 Å². The fraction of sp³-hybridized carbons (Fsp3) is 0.188. The van der Waals surface area contributed by atoms with Gasteiger partial charge < -0.3 is 11.5 Å². The summed E-state index contributed by atoms with van der Waals surface area (Å²) in [6, 6.07) is 16.5. The van der Waals surface area contributed by atoms with Gasteiger partial charge in [-0.25, -0.2) is 0 Å². The first-order chi connectivity index (χ1) is 9.26. The van der Waals surface area contributed by atoms with Crippen molar-refractivity contribution in [3.8, 4) is 11.1 Å². The maximum Gasteiger partial charge on any atom is 0.127 e. The first-order valence-electron chi connectivity index (χ1n) is 6.45. The molecule has 0 aliphatic carbocycles. The van der Waals surface area contributed by atoms with Crippen molar-refractivity contribution in [3.63, 3.8) is 0 Å². The van der Waals surface area contributed by atoms with Gasteiger partial charge in [0.2, 0.25) is 0 Å². The molecule has 2 aromatic rings. The van der Waals surface area contributed by atoms with Crippen LogP contribution in [0.3, 0.4) is 0 Å². The van der Waals surface area contributed by atoms with Crippen LogP contribution in [0.15, 0.2) is 53.5 Å². The Morgan fingerprint density at radius 2 is 1.74 bits per heavy atom. The molecule has 2 rings (SSSR count). The Morgan fingerprint density at radius 1 is 1.05 bits per heavy atom. The summed E-state index contributed by atoms with van der Waals surface area (Å²) >= 11 is 0. The van der Waals surface area contributed by atoms with Gasteiger partial charge in [-0.1, -0.05) is 55.5 Å². The highest BCUT2D eigenvalue weighted by molar-refractivity contribution is 6.03. The highest BCUT2D eigenvalue weighted by atomic mass is 14.9. The number of nitrogens with two attached hydrogens (primary N) is 2. The number of rotatable bonds is 4. The maximum absolute atomic E-state index is 5.97. The minimum atomic E-state index is 0.203. The molecule has 0 spiro atoms. The summed E-state index contributed by atoms with van der Waals surface area (Å²) in [7, 11) is 0. The number of hydrogen-bond donors (Lipinski definition) is 2. The second-order valence-corrected chi connectivity index (χ2v) is 4.32. The van der Waals surface area contributed by atoms with E-state index < -0.39 is 0 Å². The standard InChI is InChI=1S/C16H19N3/c1-2-12-7-9-13(10-8-12)14-5-3-4-6-15(14)16(18)19-11-17/h3-10H,2,11,17H2,1H3,(H2,18,19). The van der Waals surface area contributed by atoms with Gasteiger partial charge in [0, 0.05) is 5.56 Å². The molecule has 0 radical (unpaired) electrons. The molecule has 0 bridgehead atoms. The van der Waals surface area contributed by atoms with E-state index in [4.69, 9.17) is 11.5 Å². The van der Waals surface area contributed by atoms with E-state index in [0.29, 0.717) is 5.84 Å². The molecule has 0 unspecified atom stereocenters. The Morgan fingerprint density at radius 3 is 2.37 bits per heavy atom. The van der Waals surface area contributed by atoms with Gasteiger partial charge in [0.05, 0.1) is 6.67 Å². The van der Waals surface area contributed by atoms with E-state index in [1.165, 1.54) is 5.56 Å². The van der Waals surface area contributed by atoms with Crippen molar-refractivity contribution in [1.82, 2.24) is 0 Å². The normalized spacial score (nSPS) is 11.6. The molecule has 0 heterocycles. The van der Waals surface area contributed by atoms with Crippen LogP contribution in [0.5, 0.6) is 0 Å². The van der Waals surface area contributed by atoms with E-state index in [9.17, 15) is 0 Å². The van der Waals surface area contributed by atoms with Crippen molar-refractivity contribution in [3.05, 3.63) is 59.7 Å². The lowest BCUT2D eigenvalue weighted by Gasteiger charge is -2.09. The van der Waals surface area contributed by atoms with Gasteiger partial charge in [0.25, 0.3) is 0 Å². The minimum absolute atomic E-state index is 0.203. The zero-order chi connectivity index (χ0) is 13.7. The van der Waals surface area contributed by atoms with Gasteiger partial charge in [-0.15, -0.1) is 0 Å². The van der Waals surface area contributed by atoms with Gasteiger partial charge in [0.15, 0.2) is 0 Å². The monoisotopic (exact) mass is 253 g/mol. The third-order valence-electron chi connectivity index (χ3n) is 3.14. The molecule has 98 valence electrons. The Bertz CT molecular complexity index is 571. The van der Waals surface area contributed by atoms with Crippen molar-refractivity contribution in [2.45, 2.75) is 13.3 Å². The molecule has 0 saturated heterocycles. The van der Waals surface area contributed by atoms with Gasteiger partial charge in [-0.2, -0.15) is 0 Å². The zero-order valence-electron chi connectivity index (χ0n) is 11.1. The van der Waals surface area contributed by atoms with Crippen LogP contribution in [0.2, 0.25) is 0 Å². The van der Waals surface area contributed by atoms with Crippen molar-refractivity contribution in [2.75, 3.05) is 6.67 Å². The summed E-state index contributed by atoms with van der Waals surface area (Å²) in [4.78, 5) is 4.09. The fourth-order valence-corrected chi connectivity index (χ4v) is 2.06. The third-order valence-corrected chi connectivity index (χ3v) is 3.14. The van der Waals surface area contributed by atoms with E-state index in [-0.39, 0.29) is 6.67 Å². The third kappa shape index (κ3) is 3.01. The second kappa shape index (κ2) is 6.16. The first kappa shape index (κ1) is 13.3. The molecule has 0 amide bonds. The lowest BCUT2D eigenvalue weighted by Crippen LogP contribution is -2.16. The lowest BCUT2D eigenvalue weighted by molar-refractivity contribution is 1.06. The van der Waals surface area contributed by atoms with Crippen LogP contribution in [0, 0.1) is 0 Å². The molecular formula is C16H19N3. The topological polar surface area (TPSA) is 64.4 Å². The molecule has 0 saturated carbocycles. The van der Waals surface area contributed by atoms with E-state index in [1.54, 1.807) is 0 Å². The highest BCUT2D eigenvalue weighted by Gasteiger charge is 2.07. The molecule has 0 fully saturated rings. The number of nitrogens with zero attached hydrogens (tertiary/aromatic N) is 1. The summed E-state index contributed by atoms with van der Waals surface area (Å²) < 4.78 is 0. The smallest absolute Gasteiger partial charge is 0.127 e. The molecule has 0 aromatic heterocycles. The van der Waals surface area contributed by atoms with E-state index >= 15 is 0 Å². The number of benzene rings is 2. The summed E-state index contributed by atoms with van der Waals surface area (Å²) in [6.45, 7) is 2.35. The predicted molar refractivity (Wildman–Crippen MR) is 81.0 cm³/mol. The van der Waals surface area contributed by atoms with Gasteiger partial charge in [0.1, 0.15) is 5.84 Å². The number of aliphatic imine (C=N–C) groups is 1. The molecule has 4 N–H and O–H groups in total. The predicted octanol–water partition coefficient (Wildman–Crippen LogP) is 2.54. The summed E-state index contributed by atoms with van der Waals surface area (Å²) in [6.07, 6.45) is 1.04. The van der Waals surface area contributed by atoms with E-state index in [1.807, 2.05) is 18.2 Å². The summed E-state index contributed by atoms with van der Waals surface area (Å²) in [5.41, 5.74) is 15.9. The number of aryl methyl sites for hydroxylation is 1. The fourth-order valence-electron chi connectivity index (χ4n) is 2.06. The number of amidine groups is 1. The maximum atomic E-state index is 5.97. The molecule has 0 atom stereocenters. The van der Waals surface area contributed by atoms with E-state index in [0.717, 1.165) is 23.1 Å². The summed E-state index contributed by atoms with van der Waals surface area (Å²) in [5.74, 6) is 0.484. The second-order valence-electron chi connectivity index (χ2n) is 4.32. The Kier molecular flexibility index (Phi) is 4.31. The lowest BCUT2D eigenvalue weighted by atomic mass is 9.98. The van der Waals surface area contributed by atoms with E-state index in [2.05, 4.69) is 42.2 Å². The Balaban J connectivity index is 2.46. The van der Waals surface area contributed by atoms with Crippen molar-refractivity contribution >= 4 is 5.84 Å². The van der Waals surface area contributed by atoms with Crippen molar-refractivity contribution < 1.29 is 0 Å². The Labute approximate surface area is 114 Å². The minimum Gasteiger partial charge on any atom is -0.383 e. The van der Waals surface area contributed by atoms with Crippen LogP contribution < -0.4 is 11.5 Å². The zero-order valence-corrected chi connectivity index (χ0v) is 11.1. The van der Waals surface area contributed by atoms with Crippen LogP contribution in [0.4, 0.5) is 0 Å². The quantitative estimate of drug-likeness (QED) is 0.649.